The highest BCUT2D eigenvalue weighted by atomic mass is 16.3. The second-order valence-corrected chi connectivity index (χ2v) is 6.16. The number of hydrogen-bond acceptors (Lipinski definition) is 3. The van der Waals surface area contributed by atoms with Crippen LogP contribution in [-0.4, -0.2) is 22.5 Å². The van der Waals surface area contributed by atoms with E-state index in [9.17, 15) is 9.90 Å². The van der Waals surface area contributed by atoms with E-state index in [1.807, 2.05) is 49.4 Å². The van der Waals surface area contributed by atoms with E-state index in [0.29, 0.717) is 23.5 Å². The fourth-order valence-corrected chi connectivity index (χ4v) is 3.41. The van der Waals surface area contributed by atoms with E-state index in [1.165, 1.54) is 0 Å². The standard InChI is InChI=1S/C20H18N2O2/c1-13-16(12-15-6-2-3-9-17(15)21-13)20(24)22-11-5-8-14-7-4-10-18(23)19(14)22/h2-4,6-7,9-10,12,23H,5,8,11H2,1H3. The van der Waals surface area contributed by atoms with Crippen LogP contribution in [0.15, 0.2) is 48.5 Å². The van der Waals surface area contributed by atoms with Crippen LogP contribution in [0.5, 0.6) is 5.75 Å². The zero-order chi connectivity index (χ0) is 16.7. The van der Waals surface area contributed by atoms with Crippen molar-refractivity contribution in [1.82, 2.24) is 4.98 Å². The Hall–Kier alpha value is -2.88. The number of aryl methyl sites for hydroxylation is 2. The summed E-state index contributed by atoms with van der Waals surface area (Å²) in [5, 5.41) is 11.2. The van der Waals surface area contributed by atoms with Crippen LogP contribution in [0.1, 0.15) is 28.0 Å². The summed E-state index contributed by atoms with van der Waals surface area (Å²) in [6, 6.07) is 15.1. The Labute approximate surface area is 140 Å². The number of phenolic OH excluding ortho intramolecular Hbond substituents is 1. The maximum atomic E-state index is 13.2. The first-order chi connectivity index (χ1) is 11.6. The lowest BCUT2D eigenvalue weighted by Crippen LogP contribution is -2.36. The number of amides is 1. The molecule has 24 heavy (non-hydrogen) atoms. The van der Waals surface area contributed by atoms with Crippen molar-refractivity contribution in [2.75, 3.05) is 11.4 Å². The molecule has 2 aromatic carbocycles. The van der Waals surface area contributed by atoms with Crippen molar-refractivity contribution in [2.45, 2.75) is 19.8 Å². The maximum absolute atomic E-state index is 13.2. The van der Waals surface area contributed by atoms with Crippen molar-refractivity contribution in [3.05, 3.63) is 65.4 Å². The van der Waals surface area contributed by atoms with E-state index in [0.717, 1.165) is 29.3 Å². The van der Waals surface area contributed by atoms with Gasteiger partial charge in [-0.25, -0.2) is 0 Å². The number of para-hydroxylation sites is 2. The van der Waals surface area contributed by atoms with Gasteiger partial charge in [-0.15, -0.1) is 0 Å². The molecule has 3 aromatic rings. The van der Waals surface area contributed by atoms with Crippen molar-refractivity contribution in [3.8, 4) is 5.75 Å². The van der Waals surface area contributed by atoms with Gasteiger partial charge in [-0.2, -0.15) is 0 Å². The molecule has 1 aliphatic rings. The molecule has 1 amide bonds. The minimum atomic E-state index is -0.104. The molecule has 1 aromatic heterocycles. The lowest BCUT2D eigenvalue weighted by molar-refractivity contribution is 0.0983. The average molecular weight is 318 g/mol. The minimum Gasteiger partial charge on any atom is -0.506 e. The monoisotopic (exact) mass is 318 g/mol. The maximum Gasteiger partial charge on any atom is 0.260 e. The number of pyridine rings is 1. The number of fused-ring (bicyclic) bond motifs is 2. The molecule has 4 nitrogen and oxygen atoms in total. The van der Waals surface area contributed by atoms with Gasteiger partial charge in [-0.05, 0) is 43.5 Å². The number of carbonyl (C=O) groups excluding carboxylic acids is 1. The lowest BCUT2D eigenvalue weighted by atomic mass is 9.99. The van der Waals surface area contributed by atoms with Crippen LogP contribution in [-0.2, 0) is 6.42 Å². The predicted molar refractivity (Wildman–Crippen MR) is 94.6 cm³/mol. The number of carbonyl (C=O) groups is 1. The molecule has 0 spiro atoms. The number of nitrogens with zero attached hydrogens (tertiary/aromatic N) is 2. The van der Waals surface area contributed by atoms with Gasteiger partial charge in [0.1, 0.15) is 5.75 Å². The quantitative estimate of drug-likeness (QED) is 0.741. The molecule has 2 heterocycles. The number of aromatic nitrogens is 1. The number of benzene rings is 2. The second-order valence-electron chi connectivity index (χ2n) is 6.16. The van der Waals surface area contributed by atoms with Crippen LogP contribution in [0.3, 0.4) is 0 Å². The summed E-state index contributed by atoms with van der Waals surface area (Å²) in [6.07, 6.45) is 1.77. The SMILES string of the molecule is Cc1nc2ccccc2cc1C(=O)N1CCCc2cccc(O)c21. The van der Waals surface area contributed by atoms with E-state index in [1.54, 1.807) is 11.0 Å². The van der Waals surface area contributed by atoms with E-state index in [-0.39, 0.29) is 11.7 Å². The molecular weight excluding hydrogens is 300 g/mol. The third-order valence-electron chi connectivity index (χ3n) is 4.59. The zero-order valence-electron chi connectivity index (χ0n) is 13.5. The minimum absolute atomic E-state index is 0.104. The van der Waals surface area contributed by atoms with Crippen LogP contribution >= 0.6 is 0 Å². The first-order valence-corrected chi connectivity index (χ1v) is 8.14. The Morgan fingerprint density at radius 1 is 1.17 bits per heavy atom. The molecule has 0 atom stereocenters. The number of anilines is 1. The summed E-state index contributed by atoms with van der Waals surface area (Å²) < 4.78 is 0. The number of aromatic hydroxyl groups is 1. The van der Waals surface area contributed by atoms with Gasteiger partial charge in [0.2, 0.25) is 0 Å². The Kier molecular flexibility index (Phi) is 3.45. The Balaban J connectivity index is 1.82. The van der Waals surface area contributed by atoms with Gasteiger partial charge in [0.25, 0.3) is 5.91 Å². The fraction of sp³-hybridized carbons (Fsp3) is 0.200. The zero-order valence-corrected chi connectivity index (χ0v) is 13.5. The van der Waals surface area contributed by atoms with Crippen LogP contribution in [0.25, 0.3) is 10.9 Å². The molecule has 0 radical (unpaired) electrons. The first-order valence-electron chi connectivity index (χ1n) is 8.14. The van der Waals surface area contributed by atoms with Gasteiger partial charge in [-0.3, -0.25) is 9.78 Å². The summed E-state index contributed by atoms with van der Waals surface area (Å²) in [4.78, 5) is 19.4. The Morgan fingerprint density at radius 2 is 2.00 bits per heavy atom. The van der Waals surface area contributed by atoms with Crippen molar-refractivity contribution in [2.24, 2.45) is 0 Å². The van der Waals surface area contributed by atoms with E-state index in [2.05, 4.69) is 4.98 Å². The van der Waals surface area contributed by atoms with Crippen LogP contribution < -0.4 is 4.90 Å². The number of phenols is 1. The molecule has 4 rings (SSSR count). The lowest BCUT2D eigenvalue weighted by Gasteiger charge is -2.30. The number of hydrogen-bond donors (Lipinski definition) is 1. The van der Waals surface area contributed by atoms with Crippen LogP contribution in [0, 0.1) is 6.92 Å². The Bertz CT molecular complexity index is 950. The fourth-order valence-electron chi connectivity index (χ4n) is 3.41. The topological polar surface area (TPSA) is 53.4 Å². The predicted octanol–water partition coefficient (Wildman–Crippen LogP) is 3.84. The third-order valence-corrected chi connectivity index (χ3v) is 4.59. The van der Waals surface area contributed by atoms with Gasteiger partial charge in [0.15, 0.2) is 0 Å². The van der Waals surface area contributed by atoms with Crippen molar-refractivity contribution < 1.29 is 9.90 Å². The Morgan fingerprint density at radius 3 is 2.88 bits per heavy atom. The molecule has 0 fully saturated rings. The molecule has 0 aliphatic carbocycles. The van der Waals surface area contributed by atoms with Gasteiger partial charge >= 0.3 is 0 Å². The molecular formula is C20H18N2O2. The first kappa shape index (κ1) is 14.7. The normalized spacial score (nSPS) is 13.8. The smallest absolute Gasteiger partial charge is 0.260 e. The van der Waals surface area contributed by atoms with E-state index >= 15 is 0 Å². The summed E-state index contributed by atoms with van der Waals surface area (Å²) in [7, 11) is 0. The molecule has 1 N–H and O–H groups in total. The molecule has 0 bridgehead atoms. The van der Waals surface area contributed by atoms with Gasteiger partial charge in [0.05, 0.1) is 22.5 Å². The third kappa shape index (κ3) is 2.31. The van der Waals surface area contributed by atoms with Crippen molar-refractivity contribution in [3.63, 3.8) is 0 Å². The largest absolute Gasteiger partial charge is 0.506 e. The molecule has 4 heteroatoms. The summed E-state index contributed by atoms with van der Waals surface area (Å²) in [6.45, 7) is 2.46. The summed E-state index contributed by atoms with van der Waals surface area (Å²) in [5.41, 5.74) is 3.83. The van der Waals surface area contributed by atoms with Gasteiger partial charge in [-0.1, -0.05) is 30.3 Å². The molecule has 0 saturated heterocycles. The molecule has 1 aliphatic heterocycles. The second kappa shape index (κ2) is 5.64. The van der Waals surface area contributed by atoms with Gasteiger partial charge < -0.3 is 10.0 Å². The summed E-state index contributed by atoms with van der Waals surface area (Å²) in [5.74, 6) is 0.0557. The molecule has 120 valence electrons. The molecule has 0 saturated carbocycles. The highest BCUT2D eigenvalue weighted by Gasteiger charge is 2.27. The number of rotatable bonds is 1. The average Bonchev–Trinajstić information content (AvgIpc) is 2.60. The van der Waals surface area contributed by atoms with Crippen LogP contribution in [0.2, 0.25) is 0 Å². The van der Waals surface area contributed by atoms with Crippen molar-refractivity contribution in [1.29, 1.82) is 0 Å². The van der Waals surface area contributed by atoms with Crippen molar-refractivity contribution >= 4 is 22.5 Å². The highest BCUT2D eigenvalue weighted by Crippen LogP contribution is 2.36. The molecule has 0 unspecified atom stereocenters. The van der Waals surface area contributed by atoms with Crippen LogP contribution in [0.4, 0.5) is 5.69 Å². The van der Waals surface area contributed by atoms with E-state index in [4.69, 9.17) is 0 Å². The highest BCUT2D eigenvalue weighted by molar-refractivity contribution is 6.09. The van der Waals surface area contributed by atoms with Gasteiger partial charge in [0, 0.05) is 11.9 Å². The van der Waals surface area contributed by atoms with E-state index < -0.39 is 0 Å². The summed E-state index contributed by atoms with van der Waals surface area (Å²) >= 11 is 0.